The predicted molar refractivity (Wildman–Crippen MR) is 60.5 cm³/mol. The molecule has 15 heavy (non-hydrogen) atoms. The van der Waals surface area contributed by atoms with Crippen molar-refractivity contribution >= 4 is 5.78 Å². The van der Waals surface area contributed by atoms with E-state index in [2.05, 4.69) is 5.32 Å². The third-order valence-electron chi connectivity index (χ3n) is 2.02. The summed E-state index contributed by atoms with van der Waals surface area (Å²) >= 11 is 0. The number of hydrogen-bond acceptors (Lipinski definition) is 3. The average Bonchev–Trinajstić information content (AvgIpc) is 2.27. The number of likely N-dealkylation sites (N-methyl/N-ethyl adjacent to an activating group) is 1. The SMILES string of the molecule is CCNCC(=O)c1ccc(OCC)cc1. The van der Waals surface area contributed by atoms with Crippen molar-refractivity contribution in [3.8, 4) is 5.75 Å². The Hall–Kier alpha value is -1.35. The lowest BCUT2D eigenvalue weighted by Gasteiger charge is -2.04. The van der Waals surface area contributed by atoms with E-state index in [1.54, 1.807) is 12.1 Å². The summed E-state index contributed by atoms with van der Waals surface area (Å²) in [4.78, 5) is 11.6. The molecular formula is C12H17NO2. The van der Waals surface area contributed by atoms with Crippen molar-refractivity contribution in [1.29, 1.82) is 0 Å². The first kappa shape index (κ1) is 11.7. The van der Waals surface area contributed by atoms with Gasteiger partial charge in [-0.1, -0.05) is 6.92 Å². The van der Waals surface area contributed by atoms with Gasteiger partial charge in [0.1, 0.15) is 5.75 Å². The van der Waals surface area contributed by atoms with E-state index < -0.39 is 0 Å². The minimum Gasteiger partial charge on any atom is -0.494 e. The van der Waals surface area contributed by atoms with Gasteiger partial charge in [0, 0.05) is 5.56 Å². The van der Waals surface area contributed by atoms with Crippen molar-refractivity contribution in [2.45, 2.75) is 13.8 Å². The summed E-state index contributed by atoms with van der Waals surface area (Å²) in [6.45, 7) is 5.76. The van der Waals surface area contributed by atoms with Crippen LogP contribution in [-0.4, -0.2) is 25.5 Å². The Kier molecular flexibility index (Phi) is 4.84. The standard InChI is InChI=1S/C12H17NO2/c1-3-13-9-12(14)10-5-7-11(8-6-10)15-4-2/h5-8,13H,3-4,9H2,1-2H3. The number of hydrogen-bond donors (Lipinski definition) is 1. The highest BCUT2D eigenvalue weighted by atomic mass is 16.5. The zero-order valence-corrected chi connectivity index (χ0v) is 9.25. The number of rotatable bonds is 6. The molecule has 1 aromatic rings. The van der Waals surface area contributed by atoms with Gasteiger partial charge in [-0.3, -0.25) is 4.79 Å². The third kappa shape index (κ3) is 3.72. The van der Waals surface area contributed by atoms with Crippen molar-refractivity contribution in [3.05, 3.63) is 29.8 Å². The summed E-state index contributed by atoms with van der Waals surface area (Å²) in [5, 5.41) is 3.01. The monoisotopic (exact) mass is 207 g/mol. The van der Waals surface area contributed by atoms with Gasteiger partial charge in [0.05, 0.1) is 13.2 Å². The highest BCUT2D eigenvalue weighted by Crippen LogP contribution is 2.12. The lowest BCUT2D eigenvalue weighted by atomic mass is 10.1. The summed E-state index contributed by atoms with van der Waals surface area (Å²) in [5.41, 5.74) is 0.722. The van der Waals surface area contributed by atoms with Gasteiger partial charge < -0.3 is 10.1 Å². The van der Waals surface area contributed by atoms with Gasteiger partial charge in [-0.2, -0.15) is 0 Å². The molecule has 3 heteroatoms. The number of ketones is 1. The second-order valence-electron chi connectivity index (χ2n) is 3.16. The van der Waals surface area contributed by atoms with E-state index in [0.717, 1.165) is 17.9 Å². The van der Waals surface area contributed by atoms with Crippen LogP contribution >= 0.6 is 0 Å². The largest absolute Gasteiger partial charge is 0.494 e. The molecular weight excluding hydrogens is 190 g/mol. The highest BCUT2D eigenvalue weighted by Gasteiger charge is 2.04. The molecule has 0 aromatic heterocycles. The molecule has 0 aliphatic rings. The topological polar surface area (TPSA) is 38.3 Å². The smallest absolute Gasteiger partial charge is 0.176 e. The molecule has 0 heterocycles. The molecule has 0 radical (unpaired) electrons. The van der Waals surface area contributed by atoms with Crippen LogP contribution in [0.2, 0.25) is 0 Å². The molecule has 82 valence electrons. The van der Waals surface area contributed by atoms with Gasteiger partial charge >= 0.3 is 0 Å². The van der Waals surface area contributed by atoms with Crippen LogP contribution in [0.5, 0.6) is 5.75 Å². The average molecular weight is 207 g/mol. The van der Waals surface area contributed by atoms with Crippen LogP contribution in [0.25, 0.3) is 0 Å². The van der Waals surface area contributed by atoms with Crippen LogP contribution in [0.4, 0.5) is 0 Å². The van der Waals surface area contributed by atoms with Crippen molar-refractivity contribution < 1.29 is 9.53 Å². The number of nitrogens with one attached hydrogen (secondary N) is 1. The maximum absolute atomic E-state index is 11.6. The predicted octanol–water partition coefficient (Wildman–Crippen LogP) is 1.88. The Morgan fingerprint density at radius 3 is 2.47 bits per heavy atom. The summed E-state index contributed by atoms with van der Waals surface area (Å²) in [5.74, 6) is 0.914. The van der Waals surface area contributed by atoms with Crippen LogP contribution in [0.15, 0.2) is 24.3 Å². The number of benzene rings is 1. The Balaban J connectivity index is 2.58. The second-order valence-corrected chi connectivity index (χ2v) is 3.16. The first-order chi connectivity index (χ1) is 7.27. The minimum absolute atomic E-state index is 0.111. The fourth-order valence-corrected chi connectivity index (χ4v) is 1.24. The second kappa shape index (κ2) is 6.19. The zero-order chi connectivity index (χ0) is 11.1. The molecule has 0 saturated carbocycles. The summed E-state index contributed by atoms with van der Waals surface area (Å²) in [6.07, 6.45) is 0. The van der Waals surface area contributed by atoms with E-state index in [9.17, 15) is 4.79 Å². The summed E-state index contributed by atoms with van der Waals surface area (Å²) in [6, 6.07) is 7.24. The van der Waals surface area contributed by atoms with Crippen molar-refractivity contribution in [3.63, 3.8) is 0 Å². The lowest BCUT2D eigenvalue weighted by molar-refractivity contribution is 0.0992. The van der Waals surface area contributed by atoms with Gasteiger partial charge in [0.25, 0.3) is 0 Å². The Labute approximate surface area is 90.4 Å². The van der Waals surface area contributed by atoms with E-state index >= 15 is 0 Å². The molecule has 0 fully saturated rings. The number of carbonyl (C=O) groups is 1. The Bertz CT molecular complexity index is 306. The maximum atomic E-state index is 11.6. The molecule has 3 nitrogen and oxygen atoms in total. The van der Waals surface area contributed by atoms with Crippen LogP contribution in [-0.2, 0) is 0 Å². The van der Waals surface area contributed by atoms with Crippen LogP contribution in [0, 0.1) is 0 Å². The number of carbonyl (C=O) groups excluding carboxylic acids is 1. The Morgan fingerprint density at radius 1 is 1.27 bits per heavy atom. The zero-order valence-electron chi connectivity index (χ0n) is 9.25. The van der Waals surface area contributed by atoms with Crippen molar-refractivity contribution in [1.82, 2.24) is 5.32 Å². The van der Waals surface area contributed by atoms with Crippen LogP contribution < -0.4 is 10.1 Å². The maximum Gasteiger partial charge on any atom is 0.176 e. The first-order valence-corrected chi connectivity index (χ1v) is 5.24. The van der Waals surface area contributed by atoms with E-state index in [0.29, 0.717) is 13.2 Å². The van der Waals surface area contributed by atoms with Crippen LogP contribution in [0.3, 0.4) is 0 Å². The molecule has 0 amide bonds. The molecule has 0 unspecified atom stereocenters. The molecule has 0 aliphatic carbocycles. The lowest BCUT2D eigenvalue weighted by Crippen LogP contribution is -2.22. The molecule has 1 aromatic carbocycles. The number of Topliss-reactive ketones (excluding diaryl/α,β-unsaturated/α-hetero) is 1. The van der Waals surface area contributed by atoms with Gasteiger partial charge in [-0.15, -0.1) is 0 Å². The molecule has 0 aliphatic heterocycles. The normalized spacial score (nSPS) is 10.0. The minimum atomic E-state index is 0.111. The summed E-state index contributed by atoms with van der Waals surface area (Å²) in [7, 11) is 0. The molecule has 0 saturated heterocycles. The van der Waals surface area contributed by atoms with Crippen molar-refractivity contribution in [2.24, 2.45) is 0 Å². The quantitative estimate of drug-likeness (QED) is 0.724. The van der Waals surface area contributed by atoms with Gasteiger partial charge in [0.2, 0.25) is 0 Å². The van der Waals surface area contributed by atoms with Gasteiger partial charge in [-0.25, -0.2) is 0 Å². The fraction of sp³-hybridized carbons (Fsp3) is 0.417. The fourth-order valence-electron chi connectivity index (χ4n) is 1.24. The number of ether oxygens (including phenoxy) is 1. The Morgan fingerprint density at radius 2 is 1.93 bits per heavy atom. The van der Waals surface area contributed by atoms with E-state index in [1.165, 1.54) is 0 Å². The van der Waals surface area contributed by atoms with E-state index in [-0.39, 0.29) is 5.78 Å². The summed E-state index contributed by atoms with van der Waals surface area (Å²) < 4.78 is 5.29. The van der Waals surface area contributed by atoms with Crippen molar-refractivity contribution in [2.75, 3.05) is 19.7 Å². The third-order valence-corrected chi connectivity index (χ3v) is 2.02. The molecule has 0 spiro atoms. The van der Waals surface area contributed by atoms with Gasteiger partial charge in [-0.05, 0) is 37.7 Å². The molecule has 0 bridgehead atoms. The van der Waals surface area contributed by atoms with E-state index in [1.807, 2.05) is 26.0 Å². The molecule has 1 N–H and O–H groups in total. The highest BCUT2D eigenvalue weighted by molar-refractivity contribution is 5.97. The van der Waals surface area contributed by atoms with E-state index in [4.69, 9.17) is 4.74 Å². The molecule has 1 rings (SSSR count). The molecule has 0 atom stereocenters. The van der Waals surface area contributed by atoms with Gasteiger partial charge in [0.15, 0.2) is 5.78 Å². The van der Waals surface area contributed by atoms with Crippen LogP contribution in [0.1, 0.15) is 24.2 Å². The first-order valence-electron chi connectivity index (χ1n) is 5.24.